The van der Waals surface area contributed by atoms with E-state index in [4.69, 9.17) is 16.2 Å². The van der Waals surface area contributed by atoms with Crippen molar-refractivity contribution in [1.82, 2.24) is 0 Å². The molecule has 2 rings (SSSR count). The van der Waals surface area contributed by atoms with Gasteiger partial charge in [-0.05, 0) is 18.2 Å². The summed E-state index contributed by atoms with van der Waals surface area (Å²) in [4.78, 5) is 11.1. The van der Waals surface area contributed by atoms with Crippen LogP contribution in [0.2, 0.25) is 0 Å². The molecule has 0 spiro atoms. The van der Waals surface area contributed by atoms with E-state index in [0.29, 0.717) is 17.1 Å². The van der Waals surface area contributed by atoms with E-state index in [-0.39, 0.29) is 0 Å². The normalized spacial score (nSPS) is 10.1. The maximum atomic E-state index is 11.1. The number of nitrogens with two attached hydrogens (primary N) is 2. The van der Waals surface area contributed by atoms with Crippen LogP contribution in [0.1, 0.15) is 0 Å². The molecule has 0 heterocycles. The minimum absolute atomic E-state index is 0.313. The minimum Gasteiger partial charge on any atom is -0.421 e. The summed E-state index contributed by atoms with van der Waals surface area (Å²) in [6.45, 7) is 3.33. The van der Waals surface area contributed by atoms with Crippen LogP contribution in [0.15, 0.2) is 43.0 Å². The fraction of sp³-hybridized carbons (Fsp3) is 0. The Balaban J connectivity index is 2.58. The number of nitrogen functional groups attached to an aromatic ring is 2. The lowest BCUT2D eigenvalue weighted by Crippen LogP contribution is -2.05. The van der Waals surface area contributed by atoms with Gasteiger partial charge in [-0.25, -0.2) is 4.79 Å². The summed E-state index contributed by atoms with van der Waals surface area (Å²) in [7, 11) is 0. The Hall–Kier alpha value is -2.49. The maximum Gasteiger partial charge on any atom is 0.335 e. The van der Waals surface area contributed by atoms with Gasteiger partial charge in [0.1, 0.15) is 0 Å². The highest BCUT2D eigenvalue weighted by molar-refractivity contribution is 6.02. The number of fused-ring (bicyclic) bond motifs is 1. The predicted molar refractivity (Wildman–Crippen MR) is 68.6 cm³/mol. The van der Waals surface area contributed by atoms with Gasteiger partial charge in [0.15, 0.2) is 5.75 Å². The Morgan fingerprint density at radius 1 is 1.18 bits per heavy atom. The van der Waals surface area contributed by atoms with Crippen molar-refractivity contribution in [3.8, 4) is 5.75 Å². The smallest absolute Gasteiger partial charge is 0.335 e. The van der Waals surface area contributed by atoms with E-state index in [2.05, 4.69) is 6.58 Å². The van der Waals surface area contributed by atoms with Gasteiger partial charge in [0.05, 0.1) is 5.69 Å². The SMILES string of the molecule is C=CC(=O)Oc1ccc2c(N)cccc2c1N. The molecule has 2 aromatic rings. The Morgan fingerprint density at radius 2 is 1.94 bits per heavy atom. The van der Waals surface area contributed by atoms with E-state index in [1.807, 2.05) is 6.07 Å². The van der Waals surface area contributed by atoms with E-state index in [9.17, 15) is 4.79 Å². The van der Waals surface area contributed by atoms with Gasteiger partial charge in [0.2, 0.25) is 0 Å². The highest BCUT2D eigenvalue weighted by Crippen LogP contribution is 2.33. The van der Waals surface area contributed by atoms with Crippen LogP contribution in [0.25, 0.3) is 10.8 Å². The first-order chi connectivity index (χ1) is 8.13. The van der Waals surface area contributed by atoms with Gasteiger partial charge in [-0.2, -0.15) is 0 Å². The highest BCUT2D eigenvalue weighted by Gasteiger charge is 2.09. The number of rotatable bonds is 2. The first-order valence-electron chi connectivity index (χ1n) is 5.04. The topological polar surface area (TPSA) is 78.3 Å². The molecule has 4 nitrogen and oxygen atoms in total. The number of carbonyl (C=O) groups excluding carboxylic acids is 1. The molecule has 0 fully saturated rings. The third kappa shape index (κ3) is 1.92. The molecule has 86 valence electrons. The van der Waals surface area contributed by atoms with E-state index in [1.165, 1.54) is 0 Å². The number of hydrogen-bond acceptors (Lipinski definition) is 4. The van der Waals surface area contributed by atoms with E-state index >= 15 is 0 Å². The number of esters is 1. The third-order valence-corrected chi connectivity index (χ3v) is 2.47. The van der Waals surface area contributed by atoms with E-state index in [1.54, 1.807) is 24.3 Å². The number of anilines is 2. The summed E-state index contributed by atoms with van der Waals surface area (Å²) >= 11 is 0. The summed E-state index contributed by atoms with van der Waals surface area (Å²) in [5.74, 6) is -0.229. The summed E-state index contributed by atoms with van der Waals surface area (Å²) in [5, 5.41) is 1.60. The van der Waals surface area contributed by atoms with Crippen molar-refractivity contribution in [2.24, 2.45) is 0 Å². The predicted octanol–water partition coefficient (Wildman–Crippen LogP) is 2.10. The van der Waals surface area contributed by atoms with Crippen LogP contribution in [-0.4, -0.2) is 5.97 Å². The first kappa shape index (κ1) is 11.0. The van der Waals surface area contributed by atoms with Gasteiger partial charge < -0.3 is 16.2 Å². The molecule has 0 unspecified atom stereocenters. The zero-order chi connectivity index (χ0) is 12.4. The monoisotopic (exact) mass is 228 g/mol. The highest BCUT2D eigenvalue weighted by atomic mass is 16.5. The van der Waals surface area contributed by atoms with Crippen molar-refractivity contribution < 1.29 is 9.53 Å². The van der Waals surface area contributed by atoms with Gasteiger partial charge in [0.25, 0.3) is 0 Å². The Morgan fingerprint density at radius 3 is 2.65 bits per heavy atom. The molecule has 0 saturated carbocycles. The molecule has 0 aliphatic carbocycles. The second kappa shape index (κ2) is 4.17. The maximum absolute atomic E-state index is 11.1. The summed E-state index contributed by atoms with van der Waals surface area (Å²) in [6.07, 6.45) is 1.09. The van der Waals surface area contributed by atoms with E-state index < -0.39 is 5.97 Å². The summed E-state index contributed by atoms with van der Waals surface area (Å²) < 4.78 is 5.02. The number of hydrogen-bond donors (Lipinski definition) is 2. The second-order valence-corrected chi connectivity index (χ2v) is 3.54. The lowest BCUT2D eigenvalue weighted by atomic mass is 10.1. The average Bonchev–Trinajstić information content (AvgIpc) is 2.33. The van der Waals surface area contributed by atoms with Crippen molar-refractivity contribution in [2.45, 2.75) is 0 Å². The van der Waals surface area contributed by atoms with Gasteiger partial charge >= 0.3 is 5.97 Å². The molecule has 0 atom stereocenters. The van der Waals surface area contributed by atoms with Crippen LogP contribution in [0.4, 0.5) is 11.4 Å². The van der Waals surface area contributed by atoms with Crippen LogP contribution in [-0.2, 0) is 4.79 Å². The van der Waals surface area contributed by atoms with E-state index in [0.717, 1.165) is 16.8 Å². The largest absolute Gasteiger partial charge is 0.421 e. The molecular weight excluding hydrogens is 216 g/mol. The first-order valence-corrected chi connectivity index (χ1v) is 5.04. The second-order valence-electron chi connectivity index (χ2n) is 3.54. The molecular formula is C13H12N2O2. The standard InChI is InChI=1S/C13H12N2O2/c1-2-12(16)17-11-7-6-8-9(13(11)15)4-3-5-10(8)14/h2-7H,1,14-15H2. The lowest BCUT2D eigenvalue weighted by molar-refractivity contribution is -0.128. The molecule has 2 aromatic carbocycles. The Bertz CT molecular complexity index is 606. The van der Waals surface area contributed by atoms with Crippen LogP contribution in [0.5, 0.6) is 5.75 Å². The van der Waals surface area contributed by atoms with Crippen LogP contribution in [0, 0.1) is 0 Å². The molecule has 17 heavy (non-hydrogen) atoms. The molecule has 4 N–H and O–H groups in total. The lowest BCUT2D eigenvalue weighted by Gasteiger charge is -2.09. The third-order valence-electron chi connectivity index (χ3n) is 2.47. The molecule has 4 heteroatoms. The number of carbonyl (C=O) groups is 1. The summed E-state index contributed by atoms with van der Waals surface area (Å²) in [6, 6.07) is 8.80. The summed E-state index contributed by atoms with van der Waals surface area (Å²) in [5.41, 5.74) is 12.8. The van der Waals surface area contributed by atoms with Gasteiger partial charge in [-0.1, -0.05) is 18.7 Å². The van der Waals surface area contributed by atoms with Gasteiger partial charge in [-0.3, -0.25) is 0 Å². The molecule has 0 amide bonds. The molecule has 0 aromatic heterocycles. The number of ether oxygens (including phenoxy) is 1. The zero-order valence-electron chi connectivity index (χ0n) is 9.14. The molecule has 0 bridgehead atoms. The molecule has 0 radical (unpaired) electrons. The Kier molecular flexibility index (Phi) is 2.70. The van der Waals surface area contributed by atoms with Crippen molar-refractivity contribution in [2.75, 3.05) is 11.5 Å². The van der Waals surface area contributed by atoms with Crippen molar-refractivity contribution in [3.63, 3.8) is 0 Å². The Labute approximate surface area is 98.5 Å². The molecule has 0 aliphatic heterocycles. The van der Waals surface area contributed by atoms with Crippen LogP contribution in [0.3, 0.4) is 0 Å². The fourth-order valence-corrected chi connectivity index (χ4v) is 1.62. The molecule has 0 aliphatic rings. The quantitative estimate of drug-likeness (QED) is 0.357. The fourth-order valence-electron chi connectivity index (χ4n) is 1.62. The zero-order valence-corrected chi connectivity index (χ0v) is 9.14. The molecule has 0 saturated heterocycles. The van der Waals surface area contributed by atoms with Crippen LogP contribution >= 0.6 is 0 Å². The van der Waals surface area contributed by atoms with Gasteiger partial charge in [0, 0.05) is 22.5 Å². The van der Waals surface area contributed by atoms with Crippen LogP contribution < -0.4 is 16.2 Å². The average molecular weight is 228 g/mol. The van der Waals surface area contributed by atoms with Crippen molar-refractivity contribution >= 4 is 28.1 Å². The van der Waals surface area contributed by atoms with Crippen molar-refractivity contribution in [1.29, 1.82) is 0 Å². The minimum atomic E-state index is -0.542. The van der Waals surface area contributed by atoms with Crippen molar-refractivity contribution in [3.05, 3.63) is 43.0 Å². The van der Waals surface area contributed by atoms with Gasteiger partial charge in [-0.15, -0.1) is 0 Å². The number of benzene rings is 2.